The lowest BCUT2D eigenvalue weighted by Crippen LogP contribution is -2.45. The van der Waals surface area contributed by atoms with E-state index >= 15 is 0 Å². The third-order valence-corrected chi connectivity index (χ3v) is 3.81. The molecule has 2 atom stereocenters. The van der Waals surface area contributed by atoms with E-state index in [0.717, 1.165) is 31.2 Å². The summed E-state index contributed by atoms with van der Waals surface area (Å²) < 4.78 is 5.73. The fourth-order valence-corrected chi connectivity index (χ4v) is 3.02. The summed E-state index contributed by atoms with van der Waals surface area (Å²) in [6.45, 7) is 7.13. The van der Waals surface area contributed by atoms with Crippen LogP contribution in [0.4, 0.5) is 5.13 Å². The molecular formula is C12H21N3OS. The molecule has 17 heavy (non-hydrogen) atoms. The van der Waals surface area contributed by atoms with Gasteiger partial charge in [0.15, 0.2) is 5.13 Å². The van der Waals surface area contributed by atoms with Gasteiger partial charge in [-0.25, -0.2) is 4.98 Å². The molecule has 2 heterocycles. The summed E-state index contributed by atoms with van der Waals surface area (Å²) in [4.78, 5) is 7.03. The molecule has 1 aliphatic heterocycles. The van der Waals surface area contributed by atoms with Crippen LogP contribution in [0.1, 0.15) is 19.5 Å². The van der Waals surface area contributed by atoms with Gasteiger partial charge in [0.2, 0.25) is 0 Å². The maximum atomic E-state index is 5.73. The first-order valence-corrected chi connectivity index (χ1v) is 7.06. The van der Waals surface area contributed by atoms with Gasteiger partial charge >= 0.3 is 0 Å². The van der Waals surface area contributed by atoms with Crippen LogP contribution in [-0.2, 0) is 11.2 Å². The molecule has 1 aromatic heterocycles. The molecule has 0 spiro atoms. The van der Waals surface area contributed by atoms with Crippen molar-refractivity contribution in [2.45, 2.75) is 32.5 Å². The first-order valence-electron chi connectivity index (χ1n) is 6.18. The van der Waals surface area contributed by atoms with Gasteiger partial charge in [-0.3, -0.25) is 0 Å². The largest absolute Gasteiger partial charge is 0.372 e. The van der Waals surface area contributed by atoms with E-state index in [4.69, 9.17) is 4.74 Å². The van der Waals surface area contributed by atoms with Crippen LogP contribution in [0.15, 0.2) is 5.38 Å². The van der Waals surface area contributed by atoms with Gasteiger partial charge in [-0.15, -0.1) is 11.3 Å². The van der Waals surface area contributed by atoms with Gasteiger partial charge in [0.25, 0.3) is 0 Å². The van der Waals surface area contributed by atoms with Gasteiger partial charge in [-0.1, -0.05) is 0 Å². The Morgan fingerprint density at radius 2 is 2.18 bits per heavy atom. The zero-order valence-electron chi connectivity index (χ0n) is 10.8. The average Bonchev–Trinajstić information content (AvgIpc) is 2.73. The zero-order valence-corrected chi connectivity index (χ0v) is 11.6. The Morgan fingerprint density at radius 1 is 1.47 bits per heavy atom. The molecule has 0 radical (unpaired) electrons. The molecule has 1 aromatic rings. The first kappa shape index (κ1) is 12.8. The summed E-state index contributed by atoms with van der Waals surface area (Å²) in [5, 5.41) is 6.45. The van der Waals surface area contributed by atoms with E-state index < -0.39 is 0 Å². The highest BCUT2D eigenvalue weighted by Crippen LogP contribution is 2.24. The van der Waals surface area contributed by atoms with E-state index in [2.05, 4.69) is 34.4 Å². The number of morpholine rings is 1. The quantitative estimate of drug-likeness (QED) is 0.885. The number of hydrogen-bond acceptors (Lipinski definition) is 5. The van der Waals surface area contributed by atoms with E-state index in [9.17, 15) is 0 Å². The Bertz CT molecular complexity index is 345. The molecule has 0 saturated carbocycles. The molecule has 1 N–H and O–H groups in total. The van der Waals surface area contributed by atoms with Crippen LogP contribution in [0.25, 0.3) is 0 Å². The molecule has 2 rings (SSSR count). The Kier molecular flexibility index (Phi) is 4.36. The predicted molar refractivity (Wildman–Crippen MR) is 72.0 cm³/mol. The molecule has 1 fully saturated rings. The monoisotopic (exact) mass is 255 g/mol. The standard InChI is InChI=1S/C12H21N3OS/c1-9-6-15(7-10(2)16-9)12-14-11(8-17-12)4-5-13-3/h8-10,13H,4-7H2,1-3H3/t9-,10+. The highest BCUT2D eigenvalue weighted by molar-refractivity contribution is 7.13. The second-order valence-electron chi connectivity index (χ2n) is 4.64. The van der Waals surface area contributed by atoms with Crippen LogP contribution in [-0.4, -0.2) is 43.9 Å². The van der Waals surface area contributed by atoms with Crippen molar-refractivity contribution in [3.8, 4) is 0 Å². The van der Waals surface area contributed by atoms with Gasteiger partial charge in [0.05, 0.1) is 17.9 Å². The molecule has 0 bridgehead atoms. The average molecular weight is 255 g/mol. The van der Waals surface area contributed by atoms with Gasteiger partial charge in [0, 0.05) is 31.4 Å². The Hall–Kier alpha value is -0.650. The highest BCUT2D eigenvalue weighted by Gasteiger charge is 2.24. The van der Waals surface area contributed by atoms with E-state index in [1.54, 1.807) is 11.3 Å². The number of thiazole rings is 1. The van der Waals surface area contributed by atoms with E-state index in [1.165, 1.54) is 5.69 Å². The topological polar surface area (TPSA) is 37.4 Å². The van der Waals surface area contributed by atoms with Crippen molar-refractivity contribution in [3.63, 3.8) is 0 Å². The van der Waals surface area contributed by atoms with Crippen molar-refractivity contribution in [3.05, 3.63) is 11.1 Å². The third-order valence-electron chi connectivity index (χ3n) is 2.86. The SMILES string of the molecule is CNCCc1csc(N2C[C@@H](C)O[C@@H](C)C2)n1. The summed E-state index contributed by atoms with van der Waals surface area (Å²) in [7, 11) is 1.97. The van der Waals surface area contributed by atoms with Crippen molar-refractivity contribution in [1.29, 1.82) is 0 Å². The van der Waals surface area contributed by atoms with E-state index in [1.807, 2.05) is 7.05 Å². The van der Waals surface area contributed by atoms with Crippen molar-refractivity contribution in [2.75, 3.05) is 31.6 Å². The van der Waals surface area contributed by atoms with E-state index in [0.29, 0.717) is 12.2 Å². The molecule has 5 heteroatoms. The summed E-state index contributed by atoms with van der Waals surface area (Å²) >= 11 is 1.74. The van der Waals surface area contributed by atoms with Crippen LogP contribution in [0, 0.1) is 0 Å². The van der Waals surface area contributed by atoms with Crippen LogP contribution < -0.4 is 10.2 Å². The highest BCUT2D eigenvalue weighted by atomic mass is 32.1. The Balaban J connectivity index is 1.98. The number of rotatable bonds is 4. The maximum absolute atomic E-state index is 5.73. The van der Waals surface area contributed by atoms with Crippen LogP contribution >= 0.6 is 11.3 Å². The van der Waals surface area contributed by atoms with Crippen molar-refractivity contribution < 1.29 is 4.74 Å². The molecule has 4 nitrogen and oxygen atoms in total. The van der Waals surface area contributed by atoms with Crippen molar-refractivity contribution in [1.82, 2.24) is 10.3 Å². The molecule has 0 amide bonds. The summed E-state index contributed by atoms with van der Waals surface area (Å²) in [5.74, 6) is 0. The Morgan fingerprint density at radius 3 is 2.82 bits per heavy atom. The maximum Gasteiger partial charge on any atom is 0.185 e. The molecule has 0 unspecified atom stereocenters. The predicted octanol–water partition coefficient (Wildman–Crippen LogP) is 1.52. The molecular weight excluding hydrogens is 234 g/mol. The van der Waals surface area contributed by atoms with Crippen LogP contribution in [0.2, 0.25) is 0 Å². The lowest BCUT2D eigenvalue weighted by molar-refractivity contribution is -0.00523. The molecule has 0 aliphatic carbocycles. The normalized spacial score (nSPS) is 25.2. The summed E-state index contributed by atoms with van der Waals surface area (Å²) in [6, 6.07) is 0. The smallest absolute Gasteiger partial charge is 0.185 e. The summed E-state index contributed by atoms with van der Waals surface area (Å²) in [6.07, 6.45) is 1.59. The second kappa shape index (κ2) is 5.80. The fourth-order valence-electron chi connectivity index (χ4n) is 2.14. The van der Waals surface area contributed by atoms with E-state index in [-0.39, 0.29) is 0 Å². The van der Waals surface area contributed by atoms with Gasteiger partial charge in [-0.05, 0) is 20.9 Å². The van der Waals surface area contributed by atoms with Crippen molar-refractivity contribution in [2.24, 2.45) is 0 Å². The second-order valence-corrected chi connectivity index (χ2v) is 5.47. The minimum absolute atomic E-state index is 0.295. The van der Waals surface area contributed by atoms with Gasteiger partial charge < -0.3 is 15.0 Å². The van der Waals surface area contributed by atoms with Gasteiger partial charge in [-0.2, -0.15) is 0 Å². The summed E-state index contributed by atoms with van der Waals surface area (Å²) in [5.41, 5.74) is 1.19. The number of aromatic nitrogens is 1. The number of ether oxygens (including phenoxy) is 1. The Labute approximate surface area is 107 Å². The number of anilines is 1. The number of nitrogens with zero attached hydrogens (tertiary/aromatic N) is 2. The molecule has 96 valence electrons. The molecule has 0 aromatic carbocycles. The van der Waals surface area contributed by atoms with Crippen LogP contribution in [0.5, 0.6) is 0 Å². The third kappa shape index (κ3) is 3.40. The van der Waals surface area contributed by atoms with Crippen molar-refractivity contribution >= 4 is 16.5 Å². The molecule has 1 saturated heterocycles. The van der Waals surface area contributed by atoms with Crippen LogP contribution in [0.3, 0.4) is 0 Å². The number of likely N-dealkylation sites (N-methyl/N-ethyl adjacent to an activating group) is 1. The minimum Gasteiger partial charge on any atom is -0.372 e. The fraction of sp³-hybridized carbons (Fsp3) is 0.750. The number of nitrogens with one attached hydrogen (secondary N) is 1. The zero-order chi connectivity index (χ0) is 12.3. The van der Waals surface area contributed by atoms with Gasteiger partial charge in [0.1, 0.15) is 0 Å². The first-order chi connectivity index (χ1) is 8.19. The molecule has 1 aliphatic rings. The lowest BCUT2D eigenvalue weighted by atomic mass is 10.2. The lowest BCUT2D eigenvalue weighted by Gasteiger charge is -2.35. The minimum atomic E-state index is 0.295. The number of hydrogen-bond donors (Lipinski definition) is 1.